The first-order chi connectivity index (χ1) is 13.0. The van der Waals surface area contributed by atoms with Gasteiger partial charge in [0.1, 0.15) is 0 Å². The van der Waals surface area contributed by atoms with E-state index in [4.69, 9.17) is 0 Å². The number of hydrogen-bond acceptors (Lipinski definition) is 5. The van der Waals surface area contributed by atoms with Crippen LogP contribution in [0.5, 0.6) is 0 Å². The number of nitrogens with zero attached hydrogens (tertiary/aromatic N) is 2. The monoisotopic (exact) mass is 393 g/mol. The second-order valence-corrected chi connectivity index (χ2v) is 7.78. The molecule has 0 bridgehead atoms. The van der Waals surface area contributed by atoms with Crippen LogP contribution in [0.2, 0.25) is 0 Å². The number of carbonyl (C=O) groups excluding carboxylic acids is 2. The first kappa shape index (κ1) is 21.5. The Balaban J connectivity index is 1.89. The van der Waals surface area contributed by atoms with E-state index in [9.17, 15) is 9.59 Å². The number of allylic oxidation sites excluding steroid dienone is 1. The molecule has 0 saturated heterocycles. The highest BCUT2D eigenvalue weighted by Crippen LogP contribution is 2.34. The second-order valence-electron chi connectivity index (χ2n) is 6.72. The van der Waals surface area contributed by atoms with Crippen molar-refractivity contribution in [2.24, 2.45) is 0 Å². The maximum atomic E-state index is 12.5. The minimum atomic E-state index is -0.0988. The number of amides is 2. The van der Waals surface area contributed by atoms with Gasteiger partial charge in [-0.15, -0.1) is 0 Å². The molecule has 0 radical (unpaired) electrons. The molecule has 8 heteroatoms. The Hall–Kier alpha value is -1.80. The van der Waals surface area contributed by atoms with Crippen molar-refractivity contribution in [3.8, 4) is 0 Å². The molecule has 150 valence electrons. The van der Waals surface area contributed by atoms with Crippen LogP contribution < -0.4 is 16.0 Å². The van der Waals surface area contributed by atoms with Gasteiger partial charge in [-0.3, -0.25) is 14.3 Å². The van der Waals surface area contributed by atoms with Crippen LogP contribution >= 0.6 is 11.8 Å². The number of likely N-dealkylation sites (N-methyl/N-ethyl adjacent to an activating group) is 1. The minimum Gasteiger partial charge on any atom is -0.358 e. The van der Waals surface area contributed by atoms with Gasteiger partial charge in [0, 0.05) is 20.1 Å². The Morgan fingerprint density at radius 1 is 1.30 bits per heavy atom. The van der Waals surface area contributed by atoms with Crippen molar-refractivity contribution in [2.45, 2.75) is 57.0 Å². The fourth-order valence-electron chi connectivity index (χ4n) is 3.15. The molecule has 2 amide bonds. The van der Waals surface area contributed by atoms with Crippen molar-refractivity contribution in [1.82, 2.24) is 25.7 Å². The molecule has 0 spiro atoms. The molecule has 7 nitrogen and oxygen atoms in total. The number of hydrogen-bond donors (Lipinski definition) is 3. The van der Waals surface area contributed by atoms with Crippen molar-refractivity contribution >= 4 is 23.6 Å². The highest BCUT2D eigenvalue weighted by atomic mass is 32.2. The average molecular weight is 394 g/mol. The van der Waals surface area contributed by atoms with Gasteiger partial charge in [0.15, 0.2) is 0 Å². The van der Waals surface area contributed by atoms with Gasteiger partial charge in [-0.05, 0) is 32.8 Å². The summed E-state index contributed by atoms with van der Waals surface area (Å²) in [4.78, 5) is 24.3. The lowest BCUT2D eigenvalue weighted by molar-refractivity contribution is -0.119. The topological polar surface area (TPSA) is 88.1 Å². The highest BCUT2D eigenvalue weighted by Gasteiger charge is 2.21. The lowest BCUT2D eigenvalue weighted by Gasteiger charge is -2.23. The van der Waals surface area contributed by atoms with Gasteiger partial charge in [0.25, 0.3) is 5.91 Å². The molecule has 2 rings (SSSR count). The highest BCUT2D eigenvalue weighted by molar-refractivity contribution is 8.04. The molecule has 1 aliphatic rings. The third kappa shape index (κ3) is 6.70. The molecule has 27 heavy (non-hydrogen) atoms. The molecular formula is C19H31N5O2S. The van der Waals surface area contributed by atoms with Crippen LogP contribution in [0.1, 0.15) is 50.8 Å². The Kier molecular flexibility index (Phi) is 8.87. The Bertz CT molecular complexity index is 665. The summed E-state index contributed by atoms with van der Waals surface area (Å²) in [6, 6.07) is 2.49. The Labute approximate surface area is 165 Å². The zero-order chi connectivity index (χ0) is 19.6. The summed E-state index contributed by atoms with van der Waals surface area (Å²) in [5, 5.41) is 14.1. The van der Waals surface area contributed by atoms with Crippen LogP contribution in [0.4, 0.5) is 0 Å². The Morgan fingerprint density at radius 3 is 2.70 bits per heavy atom. The first-order valence-corrected chi connectivity index (χ1v) is 10.5. The van der Waals surface area contributed by atoms with E-state index >= 15 is 0 Å². The van der Waals surface area contributed by atoms with E-state index in [0.717, 1.165) is 23.6 Å². The van der Waals surface area contributed by atoms with E-state index in [1.165, 1.54) is 31.0 Å². The summed E-state index contributed by atoms with van der Waals surface area (Å²) in [7, 11) is 1.60. The van der Waals surface area contributed by atoms with Crippen molar-refractivity contribution in [2.75, 3.05) is 26.7 Å². The van der Waals surface area contributed by atoms with Crippen molar-refractivity contribution in [3.05, 3.63) is 22.7 Å². The molecule has 0 aromatic carbocycles. The quantitative estimate of drug-likeness (QED) is 0.340. The van der Waals surface area contributed by atoms with Gasteiger partial charge in [-0.25, -0.2) is 0 Å². The van der Waals surface area contributed by atoms with Gasteiger partial charge in [-0.2, -0.15) is 5.10 Å². The van der Waals surface area contributed by atoms with Gasteiger partial charge in [-0.1, -0.05) is 37.1 Å². The van der Waals surface area contributed by atoms with Gasteiger partial charge in [0.2, 0.25) is 5.91 Å². The molecule has 1 heterocycles. The molecule has 0 atom stereocenters. The number of thioether (sulfide) groups is 1. The normalized spacial score (nSPS) is 15.6. The smallest absolute Gasteiger partial charge is 0.257 e. The van der Waals surface area contributed by atoms with E-state index in [-0.39, 0.29) is 18.4 Å². The molecule has 3 N–H and O–H groups in total. The van der Waals surface area contributed by atoms with Crippen molar-refractivity contribution < 1.29 is 9.59 Å². The molecule has 1 aromatic rings. The number of aryl methyl sites for hydroxylation is 1. The van der Waals surface area contributed by atoms with E-state index in [1.807, 2.05) is 19.9 Å². The lowest BCUT2D eigenvalue weighted by Crippen LogP contribution is -2.37. The molecule has 1 fully saturated rings. The molecule has 0 unspecified atom stereocenters. The fourth-order valence-corrected chi connectivity index (χ4v) is 4.17. The lowest BCUT2D eigenvalue weighted by atomic mass is 9.96. The van der Waals surface area contributed by atoms with Gasteiger partial charge < -0.3 is 16.0 Å². The summed E-state index contributed by atoms with van der Waals surface area (Å²) in [5.41, 5.74) is 0.984. The predicted molar refractivity (Wildman–Crippen MR) is 109 cm³/mol. The summed E-state index contributed by atoms with van der Waals surface area (Å²) in [6.45, 7) is 5.13. The summed E-state index contributed by atoms with van der Waals surface area (Å²) in [5.74, 6) is -0.171. The zero-order valence-corrected chi connectivity index (χ0v) is 17.3. The van der Waals surface area contributed by atoms with Crippen LogP contribution in [0, 0.1) is 6.92 Å². The standard InChI is InChI=1S/C19H31N5O2S/c1-4-16(19(26)22-11-10-21-13-17(25)20-3)27-18-12-14(2)23-24(18)15-8-6-5-7-9-15/h4,12,15,21H,5-11,13H2,1-3H3,(H,20,25)(H,22,26)/b16-4-. The minimum absolute atomic E-state index is 0.0719. The molecule has 1 saturated carbocycles. The van der Waals surface area contributed by atoms with Crippen molar-refractivity contribution in [1.29, 1.82) is 0 Å². The zero-order valence-electron chi connectivity index (χ0n) is 16.5. The largest absolute Gasteiger partial charge is 0.358 e. The van der Waals surface area contributed by atoms with E-state index in [0.29, 0.717) is 24.0 Å². The number of aromatic nitrogens is 2. The number of carbonyl (C=O) groups is 2. The third-order valence-electron chi connectivity index (χ3n) is 4.60. The van der Waals surface area contributed by atoms with Gasteiger partial charge >= 0.3 is 0 Å². The summed E-state index contributed by atoms with van der Waals surface area (Å²) >= 11 is 1.48. The molecule has 0 aliphatic heterocycles. The second kappa shape index (κ2) is 11.1. The van der Waals surface area contributed by atoms with Crippen molar-refractivity contribution in [3.63, 3.8) is 0 Å². The maximum absolute atomic E-state index is 12.5. The number of nitrogens with one attached hydrogen (secondary N) is 3. The molecule has 1 aromatic heterocycles. The average Bonchev–Trinajstić information content (AvgIpc) is 3.06. The maximum Gasteiger partial charge on any atom is 0.257 e. The van der Waals surface area contributed by atoms with Crippen LogP contribution in [-0.4, -0.2) is 48.3 Å². The first-order valence-electron chi connectivity index (χ1n) is 9.65. The van der Waals surface area contributed by atoms with E-state index in [2.05, 4.69) is 31.8 Å². The van der Waals surface area contributed by atoms with Crippen LogP contribution in [0.3, 0.4) is 0 Å². The van der Waals surface area contributed by atoms with Crippen LogP contribution in [-0.2, 0) is 9.59 Å². The van der Waals surface area contributed by atoms with Crippen LogP contribution in [0.15, 0.2) is 22.1 Å². The summed E-state index contributed by atoms with van der Waals surface area (Å²) in [6.07, 6.45) is 7.94. The predicted octanol–water partition coefficient (Wildman–Crippen LogP) is 2.14. The molecular weight excluding hydrogens is 362 g/mol. The van der Waals surface area contributed by atoms with Gasteiger partial charge in [0.05, 0.1) is 28.2 Å². The molecule has 1 aliphatic carbocycles. The van der Waals surface area contributed by atoms with Crippen LogP contribution in [0.25, 0.3) is 0 Å². The number of rotatable bonds is 9. The fraction of sp³-hybridized carbons (Fsp3) is 0.632. The third-order valence-corrected chi connectivity index (χ3v) is 5.75. The Morgan fingerprint density at radius 2 is 2.04 bits per heavy atom. The van der Waals surface area contributed by atoms with E-state index < -0.39 is 0 Å². The summed E-state index contributed by atoms with van der Waals surface area (Å²) < 4.78 is 2.11. The SMILES string of the molecule is C/C=C(\Sc1cc(C)nn1C1CCCCC1)C(=O)NCCNCC(=O)NC. The van der Waals surface area contributed by atoms with E-state index in [1.54, 1.807) is 7.05 Å².